The number of nitrogens with one attached hydrogen (secondary N) is 1. The first-order chi connectivity index (χ1) is 8.89. The molecule has 0 aromatic heterocycles. The first-order valence-electron chi connectivity index (χ1n) is 6.46. The summed E-state index contributed by atoms with van der Waals surface area (Å²) in [6.45, 7) is 8.12. The highest BCUT2D eigenvalue weighted by atomic mass is 16.7. The standard InChI is InChI=1S/C15H23NO3/c1-6-12-7-8-13(11(2)9-12)14(17)16-19-15(3,4)10-18-5/h7-9H,6,10H2,1-5H3,(H,16,17). The summed E-state index contributed by atoms with van der Waals surface area (Å²) in [6.07, 6.45) is 0.958. The summed E-state index contributed by atoms with van der Waals surface area (Å²) in [5.41, 5.74) is 4.73. The number of ether oxygens (including phenoxy) is 1. The van der Waals surface area contributed by atoms with E-state index in [0.717, 1.165) is 12.0 Å². The van der Waals surface area contributed by atoms with Crippen molar-refractivity contribution < 1.29 is 14.4 Å². The van der Waals surface area contributed by atoms with E-state index in [1.807, 2.05) is 39.0 Å². The SMILES string of the molecule is CCc1ccc(C(=O)NOC(C)(C)COC)c(C)c1. The Kier molecular flexibility index (Phi) is 5.51. The van der Waals surface area contributed by atoms with Crippen LogP contribution >= 0.6 is 0 Å². The van der Waals surface area contributed by atoms with Crippen molar-refractivity contribution >= 4 is 5.91 Å². The highest BCUT2D eigenvalue weighted by molar-refractivity contribution is 5.94. The number of hydrogen-bond acceptors (Lipinski definition) is 3. The fourth-order valence-corrected chi connectivity index (χ4v) is 1.82. The van der Waals surface area contributed by atoms with Crippen LogP contribution in [0.3, 0.4) is 0 Å². The third-order valence-electron chi connectivity index (χ3n) is 2.86. The largest absolute Gasteiger partial charge is 0.382 e. The molecule has 1 rings (SSSR count). The van der Waals surface area contributed by atoms with Crippen LogP contribution in [0.25, 0.3) is 0 Å². The molecule has 0 atom stereocenters. The van der Waals surface area contributed by atoms with Gasteiger partial charge in [-0.1, -0.05) is 19.1 Å². The molecule has 1 aromatic rings. The Morgan fingerprint density at radius 2 is 2.05 bits per heavy atom. The maximum Gasteiger partial charge on any atom is 0.275 e. The normalized spacial score (nSPS) is 11.4. The quantitative estimate of drug-likeness (QED) is 0.804. The van der Waals surface area contributed by atoms with E-state index in [9.17, 15) is 4.79 Å². The lowest BCUT2D eigenvalue weighted by Crippen LogP contribution is -2.39. The van der Waals surface area contributed by atoms with Gasteiger partial charge in [0.15, 0.2) is 0 Å². The molecule has 0 aliphatic carbocycles. The zero-order valence-electron chi connectivity index (χ0n) is 12.4. The first-order valence-corrected chi connectivity index (χ1v) is 6.46. The fourth-order valence-electron chi connectivity index (χ4n) is 1.82. The van der Waals surface area contributed by atoms with Gasteiger partial charge in [0.05, 0.1) is 6.61 Å². The highest BCUT2D eigenvalue weighted by Gasteiger charge is 2.21. The summed E-state index contributed by atoms with van der Waals surface area (Å²) in [5.74, 6) is -0.232. The molecule has 0 saturated heterocycles. The summed E-state index contributed by atoms with van der Waals surface area (Å²) in [5, 5.41) is 0. The van der Waals surface area contributed by atoms with E-state index in [0.29, 0.717) is 12.2 Å². The van der Waals surface area contributed by atoms with Gasteiger partial charge < -0.3 is 4.74 Å². The van der Waals surface area contributed by atoms with Crippen molar-refractivity contribution in [2.75, 3.05) is 13.7 Å². The molecule has 0 radical (unpaired) electrons. The van der Waals surface area contributed by atoms with Gasteiger partial charge in [-0.05, 0) is 44.4 Å². The predicted octanol–water partition coefficient (Wildman–Crippen LogP) is 2.64. The van der Waals surface area contributed by atoms with Crippen LogP contribution in [0.15, 0.2) is 18.2 Å². The maximum atomic E-state index is 12.0. The van der Waals surface area contributed by atoms with Crippen molar-refractivity contribution in [3.05, 3.63) is 34.9 Å². The zero-order chi connectivity index (χ0) is 14.5. The number of carbonyl (C=O) groups is 1. The Bertz CT molecular complexity index is 441. The van der Waals surface area contributed by atoms with Gasteiger partial charge in [0.1, 0.15) is 5.60 Å². The van der Waals surface area contributed by atoms with Crippen LogP contribution in [0.1, 0.15) is 42.3 Å². The summed E-state index contributed by atoms with van der Waals surface area (Å²) in [4.78, 5) is 17.4. The van der Waals surface area contributed by atoms with Gasteiger partial charge in [-0.15, -0.1) is 0 Å². The number of aryl methyl sites for hydroxylation is 2. The molecule has 0 spiro atoms. The summed E-state index contributed by atoms with van der Waals surface area (Å²) in [6, 6.07) is 5.81. The van der Waals surface area contributed by atoms with Gasteiger partial charge in [-0.2, -0.15) is 0 Å². The molecule has 4 nitrogen and oxygen atoms in total. The molecule has 0 unspecified atom stereocenters. The van der Waals surface area contributed by atoms with Crippen LogP contribution in [0.2, 0.25) is 0 Å². The van der Waals surface area contributed by atoms with E-state index >= 15 is 0 Å². The Balaban J connectivity index is 2.68. The Labute approximate surface area is 115 Å². The minimum atomic E-state index is -0.554. The maximum absolute atomic E-state index is 12.0. The molecule has 0 bridgehead atoms. The number of rotatable bonds is 6. The predicted molar refractivity (Wildman–Crippen MR) is 75.1 cm³/mol. The molecule has 4 heteroatoms. The summed E-state index contributed by atoms with van der Waals surface area (Å²) < 4.78 is 5.02. The Hall–Kier alpha value is -1.39. The zero-order valence-corrected chi connectivity index (χ0v) is 12.4. The van der Waals surface area contributed by atoms with Gasteiger partial charge >= 0.3 is 0 Å². The number of methoxy groups -OCH3 is 1. The molecular weight excluding hydrogens is 242 g/mol. The molecule has 0 aliphatic rings. The number of benzene rings is 1. The molecule has 106 valence electrons. The van der Waals surface area contributed by atoms with Gasteiger partial charge in [-0.25, -0.2) is 5.48 Å². The van der Waals surface area contributed by atoms with E-state index in [1.165, 1.54) is 5.56 Å². The second-order valence-electron chi connectivity index (χ2n) is 5.23. The third kappa shape index (κ3) is 4.65. The van der Waals surface area contributed by atoms with Crippen molar-refractivity contribution in [1.29, 1.82) is 0 Å². The Morgan fingerprint density at radius 3 is 2.58 bits per heavy atom. The first kappa shape index (κ1) is 15.7. The summed E-state index contributed by atoms with van der Waals surface area (Å²) in [7, 11) is 1.60. The minimum Gasteiger partial charge on any atom is -0.382 e. The average Bonchev–Trinajstić information content (AvgIpc) is 2.36. The van der Waals surface area contributed by atoms with Crippen molar-refractivity contribution in [3.8, 4) is 0 Å². The van der Waals surface area contributed by atoms with Crippen molar-refractivity contribution in [2.45, 2.75) is 39.7 Å². The topological polar surface area (TPSA) is 47.6 Å². The second-order valence-corrected chi connectivity index (χ2v) is 5.23. The molecule has 1 amide bonds. The lowest BCUT2D eigenvalue weighted by Gasteiger charge is -2.23. The average molecular weight is 265 g/mol. The third-order valence-corrected chi connectivity index (χ3v) is 2.86. The van der Waals surface area contributed by atoms with Crippen LogP contribution in [0.4, 0.5) is 0 Å². The fraction of sp³-hybridized carbons (Fsp3) is 0.533. The number of amides is 1. The smallest absolute Gasteiger partial charge is 0.275 e. The number of hydrogen-bond donors (Lipinski definition) is 1. The monoisotopic (exact) mass is 265 g/mol. The van der Waals surface area contributed by atoms with Crippen LogP contribution in [-0.4, -0.2) is 25.2 Å². The molecular formula is C15H23NO3. The van der Waals surface area contributed by atoms with Gasteiger partial charge in [0, 0.05) is 12.7 Å². The van der Waals surface area contributed by atoms with E-state index in [2.05, 4.69) is 12.4 Å². The van der Waals surface area contributed by atoms with Crippen molar-refractivity contribution in [1.82, 2.24) is 5.48 Å². The lowest BCUT2D eigenvalue weighted by molar-refractivity contribution is -0.103. The van der Waals surface area contributed by atoms with E-state index < -0.39 is 5.60 Å². The van der Waals surface area contributed by atoms with Crippen molar-refractivity contribution in [3.63, 3.8) is 0 Å². The molecule has 0 saturated carbocycles. The summed E-state index contributed by atoms with van der Waals surface area (Å²) >= 11 is 0. The van der Waals surface area contributed by atoms with E-state index in [1.54, 1.807) is 7.11 Å². The minimum absolute atomic E-state index is 0.232. The van der Waals surface area contributed by atoms with Gasteiger partial charge in [0.25, 0.3) is 5.91 Å². The molecule has 1 N–H and O–H groups in total. The van der Waals surface area contributed by atoms with Gasteiger partial charge in [0.2, 0.25) is 0 Å². The van der Waals surface area contributed by atoms with E-state index in [-0.39, 0.29) is 5.91 Å². The molecule has 1 aromatic carbocycles. The molecule has 0 aliphatic heterocycles. The van der Waals surface area contributed by atoms with Crippen LogP contribution in [0, 0.1) is 6.92 Å². The molecule has 0 heterocycles. The van der Waals surface area contributed by atoms with Crippen LogP contribution in [-0.2, 0) is 16.0 Å². The second kappa shape index (κ2) is 6.68. The van der Waals surface area contributed by atoms with Crippen LogP contribution in [0.5, 0.6) is 0 Å². The van der Waals surface area contributed by atoms with E-state index in [4.69, 9.17) is 9.57 Å². The Morgan fingerprint density at radius 1 is 1.37 bits per heavy atom. The molecule has 0 fully saturated rings. The van der Waals surface area contributed by atoms with Crippen LogP contribution < -0.4 is 5.48 Å². The molecule has 19 heavy (non-hydrogen) atoms. The number of carbonyl (C=O) groups excluding carboxylic acids is 1. The highest BCUT2D eigenvalue weighted by Crippen LogP contribution is 2.13. The lowest BCUT2D eigenvalue weighted by atomic mass is 10.0. The number of hydroxylamine groups is 1. The van der Waals surface area contributed by atoms with Crippen molar-refractivity contribution in [2.24, 2.45) is 0 Å². The van der Waals surface area contributed by atoms with Gasteiger partial charge in [-0.3, -0.25) is 9.63 Å².